The van der Waals surface area contributed by atoms with Crippen LogP contribution in [0.15, 0.2) is 17.0 Å². The van der Waals surface area contributed by atoms with Crippen LogP contribution in [0, 0.1) is 0 Å². The van der Waals surface area contributed by atoms with Crippen LogP contribution in [-0.2, 0) is 26.9 Å². The third-order valence-corrected chi connectivity index (χ3v) is 4.00. The van der Waals surface area contributed by atoms with Crippen LogP contribution in [0.2, 0.25) is 0 Å². The molecule has 0 aromatic carbocycles. The molecule has 1 atom stereocenters. The van der Waals surface area contributed by atoms with Crippen LogP contribution < -0.4 is 0 Å². The highest BCUT2D eigenvalue weighted by atomic mass is 79.9. The van der Waals surface area contributed by atoms with Crippen LogP contribution in [0.3, 0.4) is 0 Å². The van der Waals surface area contributed by atoms with E-state index in [9.17, 15) is 5.11 Å². The summed E-state index contributed by atoms with van der Waals surface area (Å²) in [7, 11) is 3.77. The largest absolute Gasteiger partial charge is 0.386 e. The van der Waals surface area contributed by atoms with Crippen molar-refractivity contribution in [1.82, 2.24) is 19.3 Å². The van der Waals surface area contributed by atoms with E-state index < -0.39 is 6.10 Å². The highest BCUT2D eigenvalue weighted by molar-refractivity contribution is 9.10. The Labute approximate surface area is 115 Å². The highest BCUT2D eigenvalue weighted by Crippen LogP contribution is 2.26. The molecule has 6 heteroatoms. The molecule has 0 radical (unpaired) electrons. The molecule has 5 nitrogen and oxygen atoms in total. The molecular weight excluding hydrogens is 296 g/mol. The van der Waals surface area contributed by atoms with Gasteiger partial charge < -0.3 is 9.67 Å². The van der Waals surface area contributed by atoms with Crippen molar-refractivity contribution in [3.05, 3.63) is 34.1 Å². The zero-order valence-electron chi connectivity index (χ0n) is 10.8. The Hall–Kier alpha value is -1.14. The molecule has 0 amide bonds. The fourth-order valence-corrected chi connectivity index (χ4v) is 2.80. The van der Waals surface area contributed by atoms with Gasteiger partial charge in [0.25, 0.3) is 0 Å². The van der Waals surface area contributed by atoms with Crippen molar-refractivity contribution >= 4 is 15.9 Å². The minimum absolute atomic E-state index is 0.517. The Morgan fingerprint density at radius 3 is 2.67 bits per heavy atom. The van der Waals surface area contributed by atoms with Gasteiger partial charge in [0.15, 0.2) is 0 Å². The van der Waals surface area contributed by atoms with E-state index in [-0.39, 0.29) is 0 Å². The summed E-state index contributed by atoms with van der Waals surface area (Å²) in [6.07, 6.45) is 4.19. The third-order valence-electron chi connectivity index (χ3n) is 3.09. The van der Waals surface area contributed by atoms with Crippen molar-refractivity contribution in [3.8, 4) is 0 Å². The SMILES string of the molecule is CCc1nn(C)c(CC(O)c2cncn2C)c1Br. The van der Waals surface area contributed by atoms with Gasteiger partial charge in [-0.25, -0.2) is 4.98 Å². The molecule has 0 fully saturated rings. The standard InChI is InChI=1S/C12H17BrN4O/c1-4-8-12(13)9(17(3)15-8)5-11(18)10-6-14-7-16(10)2/h6-7,11,18H,4-5H2,1-3H3. The Morgan fingerprint density at radius 1 is 1.44 bits per heavy atom. The summed E-state index contributed by atoms with van der Waals surface area (Å²) in [4.78, 5) is 4.02. The molecule has 0 saturated carbocycles. The number of nitrogens with zero attached hydrogens (tertiary/aromatic N) is 4. The summed E-state index contributed by atoms with van der Waals surface area (Å²) < 4.78 is 4.65. The molecule has 1 N–H and O–H groups in total. The number of aliphatic hydroxyl groups excluding tert-OH is 1. The van der Waals surface area contributed by atoms with Gasteiger partial charge in [-0.15, -0.1) is 0 Å². The Bertz CT molecular complexity index is 546. The lowest BCUT2D eigenvalue weighted by Gasteiger charge is -2.11. The first kappa shape index (κ1) is 13.3. The number of aryl methyl sites for hydroxylation is 3. The van der Waals surface area contributed by atoms with Gasteiger partial charge >= 0.3 is 0 Å². The maximum absolute atomic E-state index is 10.3. The lowest BCUT2D eigenvalue weighted by atomic mass is 10.1. The summed E-state index contributed by atoms with van der Waals surface area (Å²) in [6.45, 7) is 2.06. The lowest BCUT2D eigenvalue weighted by molar-refractivity contribution is 0.167. The van der Waals surface area contributed by atoms with Gasteiger partial charge in [-0.2, -0.15) is 5.10 Å². The Balaban J connectivity index is 2.24. The van der Waals surface area contributed by atoms with E-state index >= 15 is 0 Å². The fourth-order valence-electron chi connectivity index (χ4n) is 2.02. The van der Waals surface area contributed by atoms with Crippen LogP contribution in [0.5, 0.6) is 0 Å². The van der Waals surface area contributed by atoms with Gasteiger partial charge in [-0.3, -0.25) is 4.68 Å². The number of halogens is 1. The zero-order chi connectivity index (χ0) is 13.3. The van der Waals surface area contributed by atoms with E-state index in [1.54, 1.807) is 12.5 Å². The molecule has 0 spiro atoms. The van der Waals surface area contributed by atoms with Crippen LogP contribution in [0.25, 0.3) is 0 Å². The molecule has 0 bridgehead atoms. The molecule has 2 rings (SSSR count). The second-order valence-corrected chi connectivity index (χ2v) is 5.13. The van der Waals surface area contributed by atoms with Crippen molar-refractivity contribution in [2.24, 2.45) is 14.1 Å². The van der Waals surface area contributed by atoms with Gasteiger partial charge in [0, 0.05) is 20.5 Å². The van der Waals surface area contributed by atoms with E-state index in [1.165, 1.54) is 0 Å². The van der Waals surface area contributed by atoms with Crippen molar-refractivity contribution in [3.63, 3.8) is 0 Å². The molecule has 2 aromatic heterocycles. The minimum Gasteiger partial charge on any atom is -0.386 e. The first-order valence-electron chi connectivity index (χ1n) is 5.89. The Morgan fingerprint density at radius 2 is 2.17 bits per heavy atom. The van der Waals surface area contributed by atoms with Gasteiger partial charge in [0.05, 0.1) is 34.1 Å². The van der Waals surface area contributed by atoms with Crippen LogP contribution in [0.1, 0.15) is 30.1 Å². The molecule has 0 saturated heterocycles. The average molecular weight is 313 g/mol. The maximum Gasteiger partial charge on any atom is 0.101 e. The van der Waals surface area contributed by atoms with Gasteiger partial charge in [-0.05, 0) is 22.4 Å². The molecule has 1 unspecified atom stereocenters. The Kier molecular flexibility index (Phi) is 3.87. The molecule has 98 valence electrons. The van der Waals surface area contributed by atoms with Gasteiger partial charge in [0.2, 0.25) is 0 Å². The highest BCUT2D eigenvalue weighted by Gasteiger charge is 2.18. The fraction of sp³-hybridized carbons (Fsp3) is 0.500. The molecule has 0 aliphatic carbocycles. The third kappa shape index (κ3) is 2.35. The number of rotatable bonds is 4. The summed E-state index contributed by atoms with van der Waals surface area (Å²) in [5.41, 5.74) is 2.83. The molecular formula is C12H17BrN4O. The van der Waals surface area contributed by atoms with Gasteiger partial charge in [0.1, 0.15) is 6.10 Å². The van der Waals surface area contributed by atoms with E-state index in [0.717, 1.165) is 28.0 Å². The monoisotopic (exact) mass is 312 g/mol. The predicted octanol–water partition coefficient (Wildman–Crippen LogP) is 1.75. The van der Waals surface area contributed by atoms with E-state index in [4.69, 9.17) is 0 Å². The van der Waals surface area contributed by atoms with E-state index in [0.29, 0.717) is 6.42 Å². The van der Waals surface area contributed by atoms with Crippen LogP contribution in [0.4, 0.5) is 0 Å². The number of aromatic nitrogens is 4. The molecule has 2 heterocycles. The first-order chi connectivity index (χ1) is 8.54. The number of imidazole rings is 1. The lowest BCUT2D eigenvalue weighted by Crippen LogP contribution is -2.10. The summed E-state index contributed by atoms with van der Waals surface area (Å²) in [5.74, 6) is 0. The minimum atomic E-state index is -0.575. The second kappa shape index (κ2) is 5.24. The second-order valence-electron chi connectivity index (χ2n) is 4.33. The zero-order valence-corrected chi connectivity index (χ0v) is 12.3. The van der Waals surface area contributed by atoms with Gasteiger partial charge in [-0.1, -0.05) is 6.92 Å². The summed E-state index contributed by atoms with van der Waals surface area (Å²) in [5, 5.41) is 14.7. The van der Waals surface area contributed by atoms with Crippen molar-refractivity contribution in [2.45, 2.75) is 25.9 Å². The van der Waals surface area contributed by atoms with Crippen molar-refractivity contribution in [1.29, 1.82) is 0 Å². The summed E-state index contributed by atoms with van der Waals surface area (Å²) in [6, 6.07) is 0. The smallest absolute Gasteiger partial charge is 0.101 e. The van der Waals surface area contributed by atoms with Crippen LogP contribution in [-0.4, -0.2) is 24.4 Å². The number of hydrogen-bond acceptors (Lipinski definition) is 3. The average Bonchev–Trinajstić information content (AvgIpc) is 2.87. The molecule has 0 aliphatic rings. The molecule has 2 aromatic rings. The maximum atomic E-state index is 10.3. The normalized spacial score (nSPS) is 12.9. The van der Waals surface area contributed by atoms with Crippen molar-refractivity contribution < 1.29 is 5.11 Å². The quantitative estimate of drug-likeness (QED) is 0.936. The van der Waals surface area contributed by atoms with Crippen LogP contribution >= 0.6 is 15.9 Å². The summed E-state index contributed by atoms with van der Waals surface area (Å²) >= 11 is 3.56. The number of hydrogen-bond donors (Lipinski definition) is 1. The predicted molar refractivity (Wildman–Crippen MR) is 72.2 cm³/mol. The topological polar surface area (TPSA) is 55.9 Å². The molecule has 18 heavy (non-hydrogen) atoms. The first-order valence-corrected chi connectivity index (χ1v) is 6.68. The van der Waals surface area contributed by atoms with Crippen molar-refractivity contribution in [2.75, 3.05) is 0 Å². The van der Waals surface area contributed by atoms with E-state index in [2.05, 4.69) is 32.9 Å². The molecule has 0 aliphatic heterocycles. The van der Waals surface area contributed by atoms with E-state index in [1.807, 2.05) is 23.3 Å². The number of aliphatic hydroxyl groups is 1.